The van der Waals surface area contributed by atoms with E-state index in [1.54, 1.807) is 24.3 Å². The highest BCUT2D eigenvalue weighted by atomic mass is 33.1. The lowest BCUT2D eigenvalue weighted by molar-refractivity contribution is -0.136. The minimum Gasteiger partial charge on any atom is -0.481 e. The van der Waals surface area contributed by atoms with Gasteiger partial charge >= 0.3 is 5.97 Å². The first kappa shape index (κ1) is 18.3. The quantitative estimate of drug-likeness (QED) is 0.539. The average Bonchev–Trinajstić information content (AvgIpc) is 2.56. The number of hydrogen-bond acceptors (Lipinski definition) is 6. The molecule has 24 heavy (non-hydrogen) atoms. The van der Waals surface area contributed by atoms with E-state index in [9.17, 15) is 14.4 Å². The zero-order valence-corrected chi connectivity index (χ0v) is 14.7. The normalized spacial score (nSPS) is 10.7. The van der Waals surface area contributed by atoms with Crippen LogP contribution in [0.2, 0.25) is 0 Å². The number of nitrogens with one attached hydrogen (secondary N) is 1. The summed E-state index contributed by atoms with van der Waals surface area (Å²) in [6.45, 7) is 0.433. The fraction of sp³-hybridized carbons (Fsp3) is 0.333. The highest BCUT2D eigenvalue weighted by Gasteiger charge is 2.14. The maximum Gasteiger partial charge on any atom is 0.304 e. The molecular formula is C15H17N3O4S2. The first-order chi connectivity index (χ1) is 11.5. The molecule has 2 rings (SSSR count). The first-order valence-corrected chi connectivity index (χ1v) is 9.70. The Bertz CT molecular complexity index is 807. The highest BCUT2D eigenvalue weighted by Crippen LogP contribution is 2.21. The first-order valence-electron chi connectivity index (χ1n) is 7.21. The SMILES string of the molecule is Cn1nc(C(=O)NCCSSCCC(=O)O)c2ccccc2c1=O. The van der Waals surface area contributed by atoms with E-state index in [0.717, 1.165) is 4.68 Å². The average molecular weight is 367 g/mol. The van der Waals surface area contributed by atoms with E-state index in [1.165, 1.54) is 28.6 Å². The van der Waals surface area contributed by atoms with Crippen molar-refractivity contribution in [3.05, 3.63) is 40.3 Å². The van der Waals surface area contributed by atoms with Crippen LogP contribution in [-0.4, -0.2) is 44.8 Å². The topological polar surface area (TPSA) is 101 Å². The van der Waals surface area contributed by atoms with Gasteiger partial charge in [-0.25, -0.2) is 4.68 Å². The van der Waals surface area contributed by atoms with E-state index in [2.05, 4.69) is 10.4 Å². The molecule has 2 aromatic rings. The van der Waals surface area contributed by atoms with Crippen LogP contribution in [0.25, 0.3) is 10.8 Å². The van der Waals surface area contributed by atoms with Crippen molar-refractivity contribution in [2.24, 2.45) is 7.05 Å². The molecule has 1 amide bonds. The molecule has 128 valence electrons. The molecular weight excluding hydrogens is 350 g/mol. The molecule has 7 nitrogen and oxygen atoms in total. The standard InChI is InChI=1S/C15H17N3O4S2/c1-18-15(22)11-5-3-2-4-10(11)13(17-18)14(21)16-7-9-24-23-8-6-12(19)20/h2-5H,6-9H2,1H3,(H,16,21)(H,19,20). The van der Waals surface area contributed by atoms with E-state index >= 15 is 0 Å². The number of nitrogens with zero attached hydrogens (tertiary/aromatic N) is 2. The molecule has 0 saturated carbocycles. The van der Waals surface area contributed by atoms with Crippen LogP contribution in [0.5, 0.6) is 0 Å². The second-order valence-corrected chi connectivity index (χ2v) is 7.57. The Morgan fingerprint density at radius 3 is 2.58 bits per heavy atom. The lowest BCUT2D eigenvalue weighted by atomic mass is 10.1. The van der Waals surface area contributed by atoms with E-state index in [4.69, 9.17) is 5.11 Å². The number of aliphatic carboxylic acids is 1. The summed E-state index contributed by atoms with van der Waals surface area (Å²) in [4.78, 5) is 34.7. The van der Waals surface area contributed by atoms with E-state index in [1.807, 2.05) is 0 Å². The van der Waals surface area contributed by atoms with Gasteiger partial charge in [-0.1, -0.05) is 39.8 Å². The van der Waals surface area contributed by atoms with Crippen LogP contribution in [0.1, 0.15) is 16.9 Å². The van der Waals surface area contributed by atoms with Crippen molar-refractivity contribution in [3.63, 3.8) is 0 Å². The maximum atomic E-state index is 12.3. The third-order valence-corrected chi connectivity index (χ3v) is 5.53. The number of carbonyl (C=O) groups excluding carboxylic acids is 1. The number of carboxylic acid groups (broad SMARTS) is 1. The van der Waals surface area contributed by atoms with Crippen molar-refractivity contribution in [3.8, 4) is 0 Å². The van der Waals surface area contributed by atoms with Gasteiger partial charge in [-0.2, -0.15) is 5.10 Å². The number of carboxylic acids is 1. The number of carbonyl (C=O) groups is 2. The molecule has 0 saturated heterocycles. The zero-order valence-electron chi connectivity index (χ0n) is 13.0. The molecule has 1 aromatic carbocycles. The van der Waals surface area contributed by atoms with Crippen LogP contribution in [0, 0.1) is 0 Å². The smallest absolute Gasteiger partial charge is 0.304 e. The summed E-state index contributed by atoms with van der Waals surface area (Å²) in [5, 5.41) is 16.4. The predicted octanol–water partition coefficient (Wildman–Crippen LogP) is 1.52. The Hall–Kier alpha value is -2.00. The summed E-state index contributed by atoms with van der Waals surface area (Å²) in [6.07, 6.45) is 0.123. The highest BCUT2D eigenvalue weighted by molar-refractivity contribution is 8.76. The number of aromatic nitrogens is 2. The van der Waals surface area contributed by atoms with E-state index in [0.29, 0.717) is 28.8 Å². The van der Waals surface area contributed by atoms with Gasteiger partial charge in [-0.05, 0) is 6.07 Å². The van der Waals surface area contributed by atoms with Gasteiger partial charge in [-0.3, -0.25) is 14.4 Å². The lowest BCUT2D eigenvalue weighted by Gasteiger charge is -2.08. The van der Waals surface area contributed by atoms with E-state index < -0.39 is 5.97 Å². The molecule has 0 atom stereocenters. The molecule has 1 aromatic heterocycles. The van der Waals surface area contributed by atoms with Crippen molar-refractivity contribution in [1.29, 1.82) is 0 Å². The molecule has 0 aliphatic heterocycles. The molecule has 0 fully saturated rings. The van der Waals surface area contributed by atoms with Crippen LogP contribution in [-0.2, 0) is 11.8 Å². The van der Waals surface area contributed by atoms with Crippen molar-refractivity contribution in [2.75, 3.05) is 18.1 Å². The van der Waals surface area contributed by atoms with Crippen molar-refractivity contribution < 1.29 is 14.7 Å². The van der Waals surface area contributed by atoms with Crippen molar-refractivity contribution >= 4 is 44.2 Å². The minimum atomic E-state index is -0.816. The van der Waals surface area contributed by atoms with Gasteiger partial charge in [0.05, 0.1) is 11.8 Å². The Labute approximate surface area is 146 Å². The number of benzene rings is 1. The largest absolute Gasteiger partial charge is 0.481 e. The molecule has 0 unspecified atom stereocenters. The van der Waals surface area contributed by atoms with Crippen molar-refractivity contribution in [2.45, 2.75) is 6.42 Å². The molecule has 0 aliphatic rings. The van der Waals surface area contributed by atoms with Gasteiger partial charge in [0, 0.05) is 30.5 Å². The zero-order chi connectivity index (χ0) is 17.5. The summed E-state index contributed by atoms with van der Waals surface area (Å²) in [5.74, 6) is 0.0303. The van der Waals surface area contributed by atoms with Gasteiger partial charge in [-0.15, -0.1) is 0 Å². The van der Waals surface area contributed by atoms with Crippen LogP contribution in [0.3, 0.4) is 0 Å². The van der Waals surface area contributed by atoms with Gasteiger partial charge in [0.25, 0.3) is 11.5 Å². The van der Waals surface area contributed by atoms with E-state index in [-0.39, 0.29) is 23.6 Å². The summed E-state index contributed by atoms with van der Waals surface area (Å²) < 4.78 is 1.16. The molecule has 2 N–H and O–H groups in total. The third-order valence-electron chi connectivity index (χ3n) is 3.13. The molecule has 0 bridgehead atoms. The molecule has 0 radical (unpaired) electrons. The summed E-state index contributed by atoms with van der Waals surface area (Å²) >= 11 is 0. The summed E-state index contributed by atoms with van der Waals surface area (Å²) in [5.41, 5.74) is -0.0243. The van der Waals surface area contributed by atoms with Crippen LogP contribution < -0.4 is 10.9 Å². The molecule has 1 heterocycles. The van der Waals surface area contributed by atoms with Gasteiger partial charge in [0.15, 0.2) is 5.69 Å². The van der Waals surface area contributed by atoms with Gasteiger partial charge < -0.3 is 10.4 Å². The van der Waals surface area contributed by atoms with Crippen LogP contribution in [0.4, 0.5) is 0 Å². The fourth-order valence-electron chi connectivity index (χ4n) is 2.00. The monoisotopic (exact) mass is 367 g/mol. The second-order valence-electron chi connectivity index (χ2n) is 4.87. The van der Waals surface area contributed by atoms with Gasteiger partial charge in [0.2, 0.25) is 0 Å². The molecule has 0 aliphatic carbocycles. The second kappa shape index (κ2) is 8.74. The molecule has 0 spiro atoms. The minimum absolute atomic E-state index is 0.123. The Morgan fingerprint density at radius 2 is 1.88 bits per heavy atom. The summed E-state index contributed by atoms with van der Waals surface area (Å²) in [7, 11) is 4.48. The molecule has 9 heteroatoms. The number of hydrogen-bond donors (Lipinski definition) is 2. The fourth-order valence-corrected chi connectivity index (χ4v) is 3.89. The lowest BCUT2D eigenvalue weighted by Crippen LogP contribution is -2.30. The van der Waals surface area contributed by atoms with Crippen LogP contribution in [0.15, 0.2) is 29.1 Å². The number of fused-ring (bicyclic) bond motifs is 1. The van der Waals surface area contributed by atoms with Crippen LogP contribution >= 0.6 is 21.6 Å². The van der Waals surface area contributed by atoms with Gasteiger partial charge in [0.1, 0.15) is 0 Å². The Kier molecular flexibility index (Phi) is 6.68. The third kappa shape index (κ3) is 4.75. The van der Waals surface area contributed by atoms with Crippen molar-refractivity contribution in [1.82, 2.24) is 15.1 Å². The maximum absolute atomic E-state index is 12.3. The summed E-state index contributed by atoms with van der Waals surface area (Å²) in [6, 6.07) is 6.88. The number of aryl methyl sites for hydroxylation is 1. The predicted molar refractivity (Wildman–Crippen MR) is 96.5 cm³/mol. The Balaban J connectivity index is 1.94. The Morgan fingerprint density at radius 1 is 1.21 bits per heavy atom. The number of amides is 1. The number of rotatable bonds is 8.